The van der Waals surface area contributed by atoms with Crippen LogP contribution in [0, 0.1) is 0 Å². The largest absolute Gasteiger partial charge is 1.00 e. The molecule has 0 aliphatic carbocycles. The van der Waals surface area contributed by atoms with Gasteiger partial charge in [-0.3, -0.25) is 0 Å². The summed E-state index contributed by atoms with van der Waals surface area (Å²) in [5.74, 6) is 0.260. The molecule has 0 amide bonds. The average Bonchev–Trinajstić information content (AvgIpc) is 2.07. The lowest BCUT2D eigenvalue weighted by molar-refractivity contribution is -0.886. The van der Waals surface area contributed by atoms with Crippen molar-refractivity contribution in [1.29, 1.82) is 0 Å². The van der Waals surface area contributed by atoms with Crippen molar-refractivity contribution < 1.29 is 36.9 Å². The molecule has 1 unspecified atom stereocenters. The first-order chi connectivity index (χ1) is 4.81. The van der Waals surface area contributed by atoms with Crippen molar-refractivity contribution >= 4 is 9.84 Å². The molecule has 0 spiro atoms. The molecule has 0 saturated heterocycles. The third-order valence-corrected chi connectivity index (χ3v) is 3.28. The number of halogens is 1. The third kappa shape index (κ3) is 3.02. The number of quaternary nitrogens is 1. The van der Waals surface area contributed by atoms with Gasteiger partial charge in [-0.25, -0.2) is 8.42 Å². The van der Waals surface area contributed by atoms with E-state index < -0.39 is 9.84 Å². The summed E-state index contributed by atoms with van der Waals surface area (Å²) in [6.07, 6.45) is 1.77. The van der Waals surface area contributed by atoms with Crippen LogP contribution in [0.4, 0.5) is 0 Å². The molecular formula is C7H14INO2S. The first kappa shape index (κ1) is 12.4. The van der Waals surface area contributed by atoms with Crippen molar-refractivity contribution in [3.05, 3.63) is 11.5 Å². The molecule has 0 fully saturated rings. The SMILES string of the molecule is C[N+](C)(C)C1C=CS(=O)(=O)C1.[I-]. The normalized spacial score (nSPS) is 26.8. The number of nitrogens with zero attached hydrogens (tertiary/aromatic N) is 1. The molecule has 1 aliphatic heterocycles. The summed E-state index contributed by atoms with van der Waals surface area (Å²) in [7, 11) is 3.11. The van der Waals surface area contributed by atoms with Crippen LogP contribution in [-0.2, 0) is 9.84 Å². The second kappa shape index (κ2) is 3.63. The summed E-state index contributed by atoms with van der Waals surface area (Å²) in [5.41, 5.74) is 0. The number of likely N-dealkylation sites (N-methyl/N-ethyl adjacent to an activating group) is 1. The lowest BCUT2D eigenvalue weighted by Crippen LogP contribution is -3.00. The molecule has 0 saturated carbocycles. The van der Waals surface area contributed by atoms with Crippen molar-refractivity contribution in [2.24, 2.45) is 0 Å². The second-order valence-electron chi connectivity index (χ2n) is 3.84. The molecule has 1 atom stereocenters. The second-order valence-corrected chi connectivity index (χ2v) is 5.77. The Hall–Kier alpha value is 0.380. The van der Waals surface area contributed by atoms with E-state index in [0.29, 0.717) is 4.48 Å². The highest BCUT2D eigenvalue weighted by atomic mass is 127. The molecule has 0 bridgehead atoms. The van der Waals surface area contributed by atoms with E-state index in [2.05, 4.69) is 0 Å². The van der Waals surface area contributed by atoms with Gasteiger partial charge in [0.1, 0.15) is 11.8 Å². The molecule has 0 aromatic rings. The van der Waals surface area contributed by atoms with E-state index in [1.165, 1.54) is 5.41 Å². The highest BCUT2D eigenvalue weighted by Crippen LogP contribution is 2.15. The molecule has 1 heterocycles. The van der Waals surface area contributed by atoms with Gasteiger partial charge in [-0.1, -0.05) is 0 Å². The van der Waals surface area contributed by atoms with Crippen LogP contribution < -0.4 is 24.0 Å². The summed E-state index contributed by atoms with van der Waals surface area (Å²) < 4.78 is 22.7. The Kier molecular flexibility index (Phi) is 3.74. The van der Waals surface area contributed by atoms with Gasteiger partial charge in [-0.2, -0.15) is 0 Å². The van der Waals surface area contributed by atoms with E-state index in [9.17, 15) is 8.42 Å². The summed E-state index contributed by atoms with van der Waals surface area (Å²) >= 11 is 0. The molecule has 5 heteroatoms. The predicted octanol–water partition coefficient (Wildman–Crippen LogP) is -2.99. The maximum atomic E-state index is 11.0. The van der Waals surface area contributed by atoms with Gasteiger partial charge < -0.3 is 28.5 Å². The van der Waals surface area contributed by atoms with Crippen LogP contribution in [0.1, 0.15) is 0 Å². The van der Waals surface area contributed by atoms with Gasteiger partial charge in [0.05, 0.1) is 21.1 Å². The fourth-order valence-corrected chi connectivity index (χ4v) is 2.61. The maximum Gasteiger partial charge on any atom is 0.177 e. The number of rotatable bonds is 1. The third-order valence-electron chi connectivity index (χ3n) is 1.91. The topological polar surface area (TPSA) is 34.1 Å². The van der Waals surface area contributed by atoms with Gasteiger partial charge in [0.25, 0.3) is 0 Å². The molecule has 72 valence electrons. The Balaban J connectivity index is 0.00000121. The Morgan fingerprint density at radius 1 is 1.33 bits per heavy atom. The zero-order chi connectivity index (χ0) is 8.70. The van der Waals surface area contributed by atoms with E-state index >= 15 is 0 Å². The number of hydrogen-bond acceptors (Lipinski definition) is 2. The van der Waals surface area contributed by atoms with E-state index in [4.69, 9.17) is 0 Å². The Morgan fingerprint density at radius 2 is 1.83 bits per heavy atom. The molecule has 0 radical (unpaired) electrons. The lowest BCUT2D eigenvalue weighted by Gasteiger charge is -2.29. The van der Waals surface area contributed by atoms with Gasteiger partial charge in [0.2, 0.25) is 0 Å². The van der Waals surface area contributed by atoms with Crippen molar-refractivity contribution in [3.8, 4) is 0 Å². The van der Waals surface area contributed by atoms with Crippen molar-refractivity contribution in [1.82, 2.24) is 0 Å². The van der Waals surface area contributed by atoms with Gasteiger partial charge in [-0.05, 0) is 6.08 Å². The van der Waals surface area contributed by atoms with Gasteiger partial charge in [-0.15, -0.1) is 0 Å². The van der Waals surface area contributed by atoms with E-state index in [-0.39, 0.29) is 35.8 Å². The van der Waals surface area contributed by atoms with Crippen molar-refractivity contribution in [2.75, 3.05) is 26.9 Å². The van der Waals surface area contributed by atoms with Crippen molar-refractivity contribution in [3.63, 3.8) is 0 Å². The zero-order valence-corrected chi connectivity index (χ0v) is 10.5. The Bertz CT molecular complexity index is 276. The molecule has 0 N–H and O–H groups in total. The first-order valence-electron chi connectivity index (χ1n) is 3.53. The van der Waals surface area contributed by atoms with Crippen LogP contribution >= 0.6 is 0 Å². The summed E-state index contributed by atoms with van der Waals surface area (Å²) in [4.78, 5) is 0. The lowest BCUT2D eigenvalue weighted by atomic mass is 10.3. The molecule has 0 aromatic heterocycles. The van der Waals surface area contributed by atoms with E-state index in [1.807, 2.05) is 21.1 Å². The van der Waals surface area contributed by atoms with Gasteiger partial charge in [0.15, 0.2) is 9.84 Å². The molecule has 1 aliphatic rings. The van der Waals surface area contributed by atoms with E-state index in [1.54, 1.807) is 6.08 Å². The van der Waals surface area contributed by atoms with Crippen LogP contribution in [0.15, 0.2) is 11.5 Å². The standard InChI is InChI=1S/C7H14NO2S.HI/c1-8(2,3)7-4-5-11(9,10)6-7;/h4-5,7H,6H2,1-3H3;1H/q+1;/p-1. The van der Waals surface area contributed by atoms with Crippen LogP contribution in [0.5, 0.6) is 0 Å². The Labute approximate surface area is 91.0 Å². The number of sulfone groups is 1. The fraction of sp³-hybridized carbons (Fsp3) is 0.714. The van der Waals surface area contributed by atoms with Crippen LogP contribution in [0.25, 0.3) is 0 Å². The summed E-state index contributed by atoms with van der Waals surface area (Å²) in [6.45, 7) is 0. The monoisotopic (exact) mass is 303 g/mol. The summed E-state index contributed by atoms with van der Waals surface area (Å²) in [5, 5.41) is 1.32. The highest BCUT2D eigenvalue weighted by molar-refractivity contribution is 7.94. The molecular weight excluding hydrogens is 289 g/mol. The van der Waals surface area contributed by atoms with Gasteiger partial charge in [0, 0.05) is 5.41 Å². The van der Waals surface area contributed by atoms with E-state index in [0.717, 1.165) is 0 Å². The van der Waals surface area contributed by atoms with Crippen LogP contribution in [0.3, 0.4) is 0 Å². The fourth-order valence-electron chi connectivity index (χ4n) is 1.04. The highest BCUT2D eigenvalue weighted by Gasteiger charge is 2.31. The first-order valence-corrected chi connectivity index (χ1v) is 5.25. The van der Waals surface area contributed by atoms with Crippen molar-refractivity contribution in [2.45, 2.75) is 6.04 Å². The quantitative estimate of drug-likeness (QED) is 0.382. The zero-order valence-electron chi connectivity index (χ0n) is 7.49. The average molecular weight is 303 g/mol. The van der Waals surface area contributed by atoms with Crippen LogP contribution in [-0.4, -0.2) is 45.8 Å². The molecule has 3 nitrogen and oxygen atoms in total. The van der Waals surface area contributed by atoms with Crippen LogP contribution in [0.2, 0.25) is 0 Å². The molecule has 12 heavy (non-hydrogen) atoms. The smallest absolute Gasteiger partial charge is 0.177 e. The molecule has 0 aromatic carbocycles. The minimum atomic E-state index is -2.87. The minimum Gasteiger partial charge on any atom is -1.00 e. The van der Waals surface area contributed by atoms with Gasteiger partial charge >= 0.3 is 0 Å². The minimum absolute atomic E-state index is 0. The Morgan fingerprint density at radius 3 is 2.00 bits per heavy atom. The number of hydrogen-bond donors (Lipinski definition) is 0. The molecule has 1 rings (SSSR count). The maximum absolute atomic E-state index is 11.0. The summed E-state index contributed by atoms with van der Waals surface area (Å²) in [6, 6.07) is 0.125. The predicted molar refractivity (Wildman–Crippen MR) is 44.7 cm³/mol.